The zero-order valence-corrected chi connectivity index (χ0v) is 8.01. The first-order chi connectivity index (χ1) is 5.29. The van der Waals surface area contributed by atoms with E-state index in [-0.39, 0.29) is 0 Å². The molecule has 3 fully saturated rings. The van der Waals surface area contributed by atoms with E-state index >= 15 is 0 Å². The topological polar surface area (TPSA) is 0 Å². The molecule has 0 heterocycles. The normalized spacial score (nSPS) is 55.4. The molecule has 3 aliphatic carbocycles. The fourth-order valence-electron chi connectivity index (χ4n) is 2.98. The SMILES string of the molecule is CC1C2CC2C2CC12.CCC. The summed E-state index contributed by atoms with van der Waals surface area (Å²) in [5, 5.41) is 0. The lowest BCUT2D eigenvalue weighted by molar-refractivity contribution is 0.474. The molecule has 0 aliphatic heterocycles. The summed E-state index contributed by atoms with van der Waals surface area (Å²) in [5.41, 5.74) is 0. The van der Waals surface area contributed by atoms with Crippen LogP contribution in [0.25, 0.3) is 0 Å². The van der Waals surface area contributed by atoms with Gasteiger partial charge in [-0.05, 0) is 42.4 Å². The van der Waals surface area contributed by atoms with Crippen LogP contribution < -0.4 is 0 Å². The molecular formula is C11H20. The number of hydrogen-bond donors (Lipinski definition) is 0. The van der Waals surface area contributed by atoms with Crippen molar-refractivity contribution in [3.8, 4) is 0 Å². The van der Waals surface area contributed by atoms with Crippen molar-refractivity contribution in [2.24, 2.45) is 29.6 Å². The molecule has 0 saturated heterocycles. The smallest absolute Gasteiger partial charge is 0.0349 e. The van der Waals surface area contributed by atoms with E-state index in [1.807, 2.05) is 0 Å². The lowest BCUT2D eigenvalue weighted by atomic mass is 10.0. The van der Waals surface area contributed by atoms with Crippen LogP contribution in [0, 0.1) is 29.6 Å². The van der Waals surface area contributed by atoms with Gasteiger partial charge in [-0.3, -0.25) is 0 Å². The Bertz CT molecular complexity index is 125. The van der Waals surface area contributed by atoms with Gasteiger partial charge in [-0.1, -0.05) is 27.2 Å². The third-order valence-corrected chi connectivity index (χ3v) is 3.68. The second-order valence-corrected chi connectivity index (χ2v) is 4.69. The van der Waals surface area contributed by atoms with Crippen LogP contribution >= 0.6 is 0 Å². The minimum absolute atomic E-state index is 1.13. The van der Waals surface area contributed by atoms with Crippen molar-refractivity contribution in [2.75, 3.05) is 0 Å². The molecule has 4 atom stereocenters. The van der Waals surface area contributed by atoms with Gasteiger partial charge in [0.25, 0.3) is 0 Å². The van der Waals surface area contributed by atoms with Crippen LogP contribution in [0.4, 0.5) is 0 Å². The molecular weight excluding hydrogens is 132 g/mol. The summed E-state index contributed by atoms with van der Waals surface area (Å²) < 4.78 is 0. The van der Waals surface area contributed by atoms with Crippen molar-refractivity contribution < 1.29 is 0 Å². The zero-order valence-electron chi connectivity index (χ0n) is 8.01. The first-order valence-electron chi connectivity index (χ1n) is 5.29. The Hall–Kier alpha value is 0. The summed E-state index contributed by atoms with van der Waals surface area (Å²) in [7, 11) is 0. The summed E-state index contributed by atoms with van der Waals surface area (Å²) >= 11 is 0. The molecule has 0 spiro atoms. The predicted molar refractivity (Wildman–Crippen MR) is 48.3 cm³/mol. The number of fused-ring (bicyclic) bond motifs is 3. The molecule has 3 aliphatic rings. The van der Waals surface area contributed by atoms with Crippen LogP contribution in [0.15, 0.2) is 0 Å². The van der Waals surface area contributed by atoms with Gasteiger partial charge in [-0.25, -0.2) is 0 Å². The van der Waals surface area contributed by atoms with Gasteiger partial charge in [0.1, 0.15) is 0 Å². The first kappa shape index (κ1) is 7.64. The van der Waals surface area contributed by atoms with Crippen molar-refractivity contribution in [3.63, 3.8) is 0 Å². The molecule has 11 heavy (non-hydrogen) atoms. The van der Waals surface area contributed by atoms with Crippen LogP contribution in [0.1, 0.15) is 40.0 Å². The molecule has 3 rings (SSSR count). The Labute approximate surface area is 70.4 Å². The van der Waals surface area contributed by atoms with Gasteiger partial charge in [-0.15, -0.1) is 0 Å². The summed E-state index contributed by atoms with van der Waals surface area (Å²) in [6, 6.07) is 0. The highest BCUT2D eigenvalue weighted by Gasteiger charge is 2.65. The standard InChI is InChI=1S/C8H12.C3H8/c1-4-5-2-7(5)8-3-6(4)8;1-3-2/h4-8H,2-3H2,1H3;3H2,1-2H3. The molecule has 0 nitrogen and oxygen atoms in total. The van der Waals surface area contributed by atoms with Gasteiger partial charge in [0.2, 0.25) is 0 Å². The molecule has 64 valence electrons. The Morgan fingerprint density at radius 1 is 0.909 bits per heavy atom. The second kappa shape index (κ2) is 2.50. The van der Waals surface area contributed by atoms with Crippen LogP contribution in [0.5, 0.6) is 0 Å². The Morgan fingerprint density at radius 2 is 1.27 bits per heavy atom. The summed E-state index contributed by atoms with van der Waals surface area (Å²) in [6.45, 7) is 6.71. The van der Waals surface area contributed by atoms with Crippen molar-refractivity contribution in [1.29, 1.82) is 0 Å². The van der Waals surface area contributed by atoms with Crippen LogP contribution in [-0.4, -0.2) is 0 Å². The van der Waals surface area contributed by atoms with Crippen LogP contribution in [-0.2, 0) is 0 Å². The van der Waals surface area contributed by atoms with Crippen LogP contribution in [0.2, 0.25) is 0 Å². The molecule has 0 N–H and O–H groups in total. The van der Waals surface area contributed by atoms with E-state index in [4.69, 9.17) is 0 Å². The maximum absolute atomic E-state index is 2.46. The highest BCUT2D eigenvalue weighted by molar-refractivity contribution is 5.13. The molecule has 0 radical (unpaired) electrons. The van der Waals surface area contributed by atoms with E-state index in [1.165, 1.54) is 30.1 Å². The van der Waals surface area contributed by atoms with Gasteiger partial charge >= 0.3 is 0 Å². The zero-order chi connectivity index (χ0) is 8.01. The second-order valence-electron chi connectivity index (χ2n) is 4.69. The van der Waals surface area contributed by atoms with Crippen molar-refractivity contribution in [2.45, 2.75) is 40.0 Å². The highest BCUT2D eigenvalue weighted by Crippen LogP contribution is 2.72. The third kappa shape index (κ3) is 1.11. The van der Waals surface area contributed by atoms with Gasteiger partial charge in [0.15, 0.2) is 0 Å². The van der Waals surface area contributed by atoms with Crippen molar-refractivity contribution in [3.05, 3.63) is 0 Å². The lowest BCUT2D eigenvalue weighted by Gasteiger charge is -2.01. The Morgan fingerprint density at radius 3 is 1.45 bits per heavy atom. The lowest BCUT2D eigenvalue weighted by Crippen LogP contribution is -1.95. The largest absolute Gasteiger partial charge is 0.0656 e. The average Bonchev–Trinajstić information content (AvgIpc) is 2.82. The fraction of sp³-hybridized carbons (Fsp3) is 1.00. The maximum Gasteiger partial charge on any atom is -0.0349 e. The van der Waals surface area contributed by atoms with E-state index in [2.05, 4.69) is 20.8 Å². The average molecular weight is 152 g/mol. The first-order valence-corrected chi connectivity index (χ1v) is 5.29. The highest BCUT2D eigenvalue weighted by atomic mass is 14.7. The molecule has 0 aromatic carbocycles. The van der Waals surface area contributed by atoms with E-state index in [1.54, 1.807) is 12.8 Å². The predicted octanol–water partition coefficient (Wildman–Crippen LogP) is 3.32. The fourth-order valence-corrected chi connectivity index (χ4v) is 2.98. The van der Waals surface area contributed by atoms with Crippen LogP contribution in [0.3, 0.4) is 0 Å². The quantitative estimate of drug-likeness (QED) is 0.499. The molecule has 4 unspecified atom stereocenters. The number of hydrogen-bond acceptors (Lipinski definition) is 0. The molecule has 0 bridgehead atoms. The summed E-state index contributed by atoms with van der Waals surface area (Å²) in [6.07, 6.45) is 4.45. The van der Waals surface area contributed by atoms with E-state index in [9.17, 15) is 0 Å². The maximum atomic E-state index is 2.46. The third-order valence-electron chi connectivity index (χ3n) is 3.68. The van der Waals surface area contributed by atoms with Crippen molar-refractivity contribution >= 4 is 0 Å². The monoisotopic (exact) mass is 152 g/mol. The van der Waals surface area contributed by atoms with E-state index < -0.39 is 0 Å². The molecule has 0 aromatic heterocycles. The van der Waals surface area contributed by atoms with Gasteiger partial charge < -0.3 is 0 Å². The van der Waals surface area contributed by atoms with E-state index in [0.717, 1.165) is 5.92 Å². The van der Waals surface area contributed by atoms with Gasteiger partial charge in [-0.2, -0.15) is 0 Å². The minimum atomic E-state index is 1.13. The summed E-state index contributed by atoms with van der Waals surface area (Å²) in [5.74, 6) is 6.01. The molecule has 0 amide bonds. The number of rotatable bonds is 0. The minimum Gasteiger partial charge on any atom is -0.0656 e. The molecule has 0 aromatic rings. The van der Waals surface area contributed by atoms with Gasteiger partial charge in [0, 0.05) is 0 Å². The van der Waals surface area contributed by atoms with E-state index in [0.29, 0.717) is 0 Å². The summed E-state index contributed by atoms with van der Waals surface area (Å²) in [4.78, 5) is 0. The molecule has 3 saturated carbocycles. The van der Waals surface area contributed by atoms with Gasteiger partial charge in [0.05, 0.1) is 0 Å². The van der Waals surface area contributed by atoms with Crippen molar-refractivity contribution in [1.82, 2.24) is 0 Å². The molecule has 0 heteroatoms. The Balaban J connectivity index is 0.000000143. The Kier molecular flexibility index (Phi) is 1.74.